The molecule has 1 fully saturated rings. The number of halogens is 1. The summed E-state index contributed by atoms with van der Waals surface area (Å²) in [6, 6.07) is 7.38. The molecule has 120 valence electrons. The smallest absolute Gasteiger partial charge is 0.303 e. The number of carbonyl (C=O) groups is 2. The molecule has 5 nitrogen and oxygen atoms in total. The van der Waals surface area contributed by atoms with Crippen LogP contribution in [0.5, 0.6) is 0 Å². The molecule has 1 aliphatic rings. The second-order valence-electron chi connectivity index (χ2n) is 5.53. The monoisotopic (exact) mass is 324 g/mol. The zero-order valence-electron chi connectivity index (χ0n) is 12.5. The van der Waals surface area contributed by atoms with Crippen LogP contribution in [0.15, 0.2) is 24.3 Å². The highest BCUT2D eigenvalue weighted by molar-refractivity contribution is 6.30. The molecule has 0 saturated carbocycles. The van der Waals surface area contributed by atoms with E-state index in [9.17, 15) is 9.59 Å². The topological polar surface area (TPSA) is 60.9 Å². The fraction of sp³-hybridized carbons (Fsp3) is 0.500. The summed E-state index contributed by atoms with van der Waals surface area (Å²) in [5.74, 6) is -0.636. The molecule has 6 heteroatoms. The van der Waals surface area contributed by atoms with Crippen molar-refractivity contribution in [3.05, 3.63) is 34.9 Å². The number of hydrogen-bond donors (Lipinski definition) is 1. The van der Waals surface area contributed by atoms with Crippen LogP contribution in [0, 0.1) is 0 Å². The number of amides is 1. The van der Waals surface area contributed by atoms with Crippen molar-refractivity contribution in [2.45, 2.75) is 19.3 Å². The lowest BCUT2D eigenvalue weighted by Gasteiger charge is -2.34. The lowest BCUT2D eigenvalue weighted by atomic mass is 10.1. The third kappa shape index (κ3) is 5.31. The van der Waals surface area contributed by atoms with E-state index < -0.39 is 5.97 Å². The number of benzene rings is 1. The zero-order valence-corrected chi connectivity index (χ0v) is 13.3. The molecule has 22 heavy (non-hydrogen) atoms. The molecular formula is C16H21ClN2O3. The predicted octanol–water partition coefficient (Wildman–Crippen LogP) is 1.89. The van der Waals surface area contributed by atoms with E-state index in [-0.39, 0.29) is 12.3 Å². The maximum Gasteiger partial charge on any atom is 0.303 e. The Morgan fingerprint density at radius 1 is 1.18 bits per heavy atom. The number of carbonyl (C=O) groups excluding carboxylic acids is 1. The molecule has 1 amide bonds. The van der Waals surface area contributed by atoms with Crippen LogP contribution in [0.4, 0.5) is 0 Å². The summed E-state index contributed by atoms with van der Waals surface area (Å²) in [6.07, 6.45) is 1.24. The summed E-state index contributed by atoms with van der Waals surface area (Å²) in [6.45, 7) is 3.80. The lowest BCUT2D eigenvalue weighted by molar-refractivity contribution is -0.137. The summed E-state index contributed by atoms with van der Waals surface area (Å²) in [5.41, 5.74) is 0.932. The number of piperazine rings is 1. The van der Waals surface area contributed by atoms with Crippen LogP contribution in [-0.4, -0.2) is 59.5 Å². The van der Waals surface area contributed by atoms with Gasteiger partial charge in [-0.2, -0.15) is 0 Å². The van der Waals surface area contributed by atoms with Gasteiger partial charge in [0.05, 0.1) is 6.42 Å². The number of carboxylic acid groups (broad SMARTS) is 1. The number of hydrogen-bond acceptors (Lipinski definition) is 3. The highest BCUT2D eigenvalue weighted by Crippen LogP contribution is 2.13. The van der Waals surface area contributed by atoms with Crippen LogP contribution in [0.3, 0.4) is 0 Å². The quantitative estimate of drug-likeness (QED) is 0.868. The third-order valence-corrected chi connectivity index (χ3v) is 4.07. The van der Waals surface area contributed by atoms with Gasteiger partial charge in [-0.15, -0.1) is 0 Å². The van der Waals surface area contributed by atoms with Crippen LogP contribution in [0.2, 0.25) is 5.02 Å². The second-order valence-corrected chi connectivity index (χ2v) is 5.96. The minimum atomic E-state index is -0.754. The van der Waals surface area contributed by atoms with E-state index in [0.29, 0.717) is 31.0 Å². The van der Waals surface area contributed by atoms with Crippen molar-refractivity contribution in [3.8, 4) is 0 Å². The van der Waals surface area contributed by atoms with Gasteiger partial charge in [-0.3, -0.25) is 14.5 Å². The number of aliphatic carboxylic acids is 1. The maximum absolute atomic E-state index is 12.3. The average Bonchev–Trinajstić information content (AvgIpc) is 2.47. The molecule has 0 unspecified atom stereocenters. The molecule has 0 spiro atoms. The zero-order chi connectivity index (χ0) is 15.9. The maximum atomic E-state index is 12.3. The molecule has 1 N–H and O–H groups in total. The molecule has 0 aromatic heterocycles. The Balaban J connectivity index is 1.74. The Hall–Kier alpha value is -1.59. The van der Waals surface area contributed by atoms with Gasteiger partial charge >= 0.3 is 5.97 Å². The molecule has 1 saturated heterocycles. The number of rotatable bonds is 6. The fourth-order valence-corrected chi connectivity index (χ4v) is 2.82. The van der Waals surface area contributed by atoms with Crippen molar-refractivity contribution < 1.29 is 14.7 Å². The van der Waals surface area contributed by atoms with Crippen molar-refractivity contribution >= 4 is 23.5 Å². The first kappa shape index (κ1) is 16.8. The first-order chi connectivity index (χ1) is 10.5. The van der Waals surface area contributed by atoms with Gasteiger partial charge in [0.1, 0.15) is 0 Å². The SMILES string of the molecule is O=C(O)CCCN1CCN(C(=O)Cc2cccc(Cl)c2)CC1. The number of carboxylic acids is 1. The van der Waals surface area contributed by atoms with Crippen molar-refractivity contribution in [1.29, 1.82) is 0 Å². The van der Waals surface area contributed by atoms with E-state index in [1.54, 1.807) is 6.07 Å². The van der Waals surface area contributed by atoms with Crippen LogP contribution < -0.4 is 0 Å². The van der Waals surface area contributed by atoms with Crippen molar-refractivity contribution in [1.82, 2.24) is 9.80 Å². The minimum absolute atomic E-state index is 0.118. The van der Waals surface area contributed by atoms with Gasteiger partial charge in [-0.05, 0) is 30.7 Å². The van der Waals surface area contributed by atoms with Gasteiger partial charge < -0.3 is 10.0 Å². The summed E-state index contributed by atoms with van der Waals surface area (Å²) in [5, 5.41) is 9.28. The summed E-state index contributed by atoms with van der Waals surface area (Å²) in [7, 11) is 0. The first-order valence-electron chi connectivity index (χ1n) is 7.51. The van der Waals surface area contributed by atoms with Crippen LogP contribution in [-0.2, 0) is 16.0 Å². The van der Waals surface area contributed by atoms with E-state index in [2.05, 4.69) is 4.90 Å². The third-order valence-electron chi connectivity index (χ3n) is 3.83. The normalized spacial score (nSPS) is 15.8. The van der Waals surface area contributed by atoms with Crippen LogP contribution >= 0.6 is 11.6 Å². The Morgan fingerprint density at radius 3 is 2.55 bits per heavy atom. The van der Waals surface area contributed by atoms with Crippen molar-refractivity contribution in [3.63, 3.8) is 0 Å². The number of nitrogens with zero attached hydrogens (tertiary/aromatic N) is 2. The van der Waals surface area contributed by atoms with Gasteiger partial charge in [-0.1, -0.05) is 23.7 Å². The molecule has 0 radical (unpaired) electrons. The van der Waals surface area contributed by atoms with E-state index in [4.69, 9.17) is 16.7 Å². The fourth-order valence-electron chi connectivity index (χ4n) is 2.61. The molecule has 1 heterocycles. The van der Waals surface area contributed by atoms with Crippen LogP contribution in [0.1, 0.15) is 18.4 Å². The molecule has 1 aromatic carbocycles. The first-order valence-corrected chi connectivity index (χ1v) is 7.89. The van der Waals surface area contributed by atoms with Crippen LogP contribution in [0.25, 0.3) is 0 Å². The Morgan fingerprint density at radius 2 is 1.91 bits per heavy atom. The van der Waals surface area contributed by atoms with E-state index >= 15 is 0 Å². The van der Waals surface area contributed by atoms with Gasteiger partial charge in [0.15, 0.2) is 0 Å². The Labute approximate surface area is 135 Å². The molecule has 1 aliphatic heterocycles. The summed E-state index contributed by atoms with van der Waals surface area (Å²) < 4.78 is 0. The van der Waals surface area contributed by atoms with E-state index in [0.717, 1.165) is 25.2 Å². The van der Waals surface area contributed by atoms with Gasteiger partial charge in [0.25, 0.3) is 0 Å². The standard InChI is InChI=1S/C16H21ClN2O3/c17-14-4-1-3-13(11-14)12-15(20)19-9-7-18(8-10-19)6-2-5-16(21)22/h1,3-4,11H,2,5-10,12H2,(H,21,22). The van der Waals surface area contributed by atoms with E-state index in [1.165, 1.54) is 0 Å². The summed E-state index contributed by atoms with van der Waals surface area (Å²) in [4.78, 5) is 26.9. The average molecular weight is 325 g/mol. The molecule has 0 bridgehead atoms. The lowest BCUT2D eigenvalue weighted by Crippen LogP contribution is -2.49. The van der Waals surface area contributed by atoms with Crippen molar-refractivity contribution in [2.75, 3.05) is 32.7 Å². The molecule has 0 atom stereocenters. The van der Waals surface area contributed by atoms with E-state index in [1.807, 2.05) is 23.1 Å². The highest BCUT2D eigenvalue weighted by atomic mass is 35.5. The van der Waals surface area contributed by atoms with Gasteiger partial charge in [0.2, 0.25) is 5.91 Å². The summed E-state index contributed by atoms with van der Waals surface area (Å²) >= 11 is 5.93. The van der Waals surface area contributed by atoms with Crippen molar-refractivity contribution in [2.24, 2.45) is 0 Å². The van der Waals surface area contributed by atoms with Gasteiger partial charge in [-0.25, -0.2) is 0 Å². The molecular weight excluding hydrogens is 304 g/mol. The molecule has 0 aliphatic carbocycles. The second kappa shape index (κ2) is 8.15. The van der Waals surface area contributed by atoms with Gasteiger partial charge in [0, 0.05) is 37.6 Å². The molecule has 1 aromatic rings. The predicted molar refractivity (Wildman–Crippen MR) is 85.0 cm³/mol. The Kier molecular flexibility index (Phi) is 6.21. The highest BCUT2D eigenvalue weighted by Gasteiger charge is 2.21. The largest absolute Gasteiger partial charge is 0.481 e. The molecule has 2 rings (SSSR count). The minimum Gasteiger partial charge on any atom is -0.481 e. The Bertz CT molecular complexity index is 528.